The zero-order valence-corrected chi connectivity index (χ0v) is 15.5. The van der Waals surface area contributed by atoms with Crippen LogP contribution in [0.3, 0.4) is 0 Å². The molecule has 0 aromatic heterocycles. The van der Waals surface area contributed by atoms with Crippen molar-refractivity contribution in [2.45, 2.75) is 6.42 Å². The number of fused-ring (bicyclic) bond motifs is 1. The fourth-order valence-electron chi connectivity index (χ4n) is 4.07. The molecule has 0 atom stereocenters. The van der Waals surface area contributed by atoms with Crippen molar-refractivity contribution >= 4 is 11.4 Å². The van der Waals surface area contributed by atoms with Crippen LogP contribution < -0.4 is 4.90 Å². The summed E-state index contributed by atoms with van der Waals surface area (Å²) in [4.78, 5) is 2.30. The molecule has 1 aliphatic heterocycles. The summed E-state index contributed by atoms with van der Waals surface area (Å²) in [6.07, 6.45) is 0.978. The van der Waals surface area contributed by atoms with Gasteiger partial charge in [0.1, 0.15) is 5.82 Å². The number of benzene rings is 4. The number of rotatable bonds is 3. The van der Waals surface area contributed by atoms with Gasteiger partial charge in [-0.2, -0.15) is 0 Å². The van der Waals surface area contributed by atoms with Gasteiger partial charge < -0.3 is 4.90 Å². The smallest absolute Gasteiger partial charge is 0.123 e. The number of hydrogen-bond donors (Lipinski definition) is 0. The average Bonchev–Trinajstić information content (AvgIpc) is 3.19. The molecule has 0 unspecified atom stereocenters. The Balaban J connectivity index is 1.70. The average molecular weight is 365 g/mol. The molecule has 0 N–H and O–H groups in total. The molecule has 5 rings (SSSR count). The predicted octanol–water partition coefficient (Wildman–Crippen LogP) is 6.85. The molecular formula is C26H20FN. The van der Waals surface area contributed by atoms with Crippen LogP contribution in [0, 0.1) is 5.82 Å². The first-order valence-corrected chi connectivity index (χ1v) is 9.60. The summed E-state index contributed by atoms with van der Waals surface area (Å²) < 4.78 is 13.4. The van der Waals surface area contributed by atoms with E-state index in [0.717, 1.165) is 18.7 Å². The molecule has 0 spiro atoms. The molecule has 0 aliphatic carbocycles. The van der Waals surface area contributed by atoms with Gasteiger partial charge in [0.05, 0.1) is 0 Å². The Hall–Kier alpha value is -3.39. The summed E-state index contributed by atoms with van der Waals surface area (Å²) >= 11 is 0. The monoisotopic (exact) mass is 365 g/mol. The van der Waals surface area contributed by atoms with Crippen molar-refractivity contribution < 1.29 is 4.39 Å². The first kappa shape index (κ1) is 16.8. The van der Waals surface area contributed by atoms with E-state index < -0.39 is 0 Å². The van der Waals surface area contributed by atoms with Crippen LogP contribution in [-0.4, -0.2) is 6.54 Å². The summed E-state index contributed by atoms with van der Waals surface area (Å²) in [5.74, 6) is -0.203. The van der Waals surface area contributed by atoms with E-state index in [1.807, 2.05) is 18.2 Å². The van der Waals surface area contributed by atoms with Crippen LogP contribution in [0.25, 0.3) is 22.3 Å². The number of halogens is 1. The molecule has 0 fully saturated rings. The minimum Gasteiger partial charge on any atom is -0.341 e. The van der Waals surface area contributed by atoms with E-state index in [-0.39, 0.29) is 5.82 Å². The Morgan fingerprint density at radius 1 is 0.643 bits per heavy atom. The molecule has 0 saturated heterocycles. The normalized spacial score (nSPS) is 12.8. The Morgan fingerprint density at radius 3 is 1.96 bits per heavy atom. The standard InChI is InChI=1S/C26H20FN/c27-22-11-13-23(14-12-22)28-16-15-24-25(20-9-5-2-6-10-20)17-21(18-26(24)28)19-7-3-1-4-8-19/h1-14,17-18H,15-16H2. The van der Waals surface area contributed by atoms with Crippen molar-refractivity contribution in [2.24, 2.45) is 0 Å². The minimum absolute atomic E-state index is 0.203. The molecular weight excluding hydrogens is 345 g/mol. The van der Waals surface area contributed by atoms with E-state index in [9.17, 15) is 4.39 Å². The van der Waals surface area contributed by atoms with Crippen LogP contribution in [0.1, 0.15) is 5.56 Å². The highest BCUT2D eigenvalue weighted by Gasteiger charge is 2.25. The Morgan fingerprint density at radius 2 is 1.29 bits per heavy atom. The minimum atomic E-state index is -0.203. The van der Waals surface area contributed by atoms with E-state index in [1.54, 1.807) is 0 Å². The maximum atomic E-state index is 13.4. The maximum Gasteiger partial charge on any atom is 0.123 e. The fraction of sp³-hybridized carbons (Fsp3) is 0.0769. The molecule has 2 heteroatoms. The van der Waals surface area contributed by atoms with Gasteiger partial charge in [-0.25, -0.2) is 4.39 Å². The Bertz CT molecular complexity index is 1100. The predicted molar refractivity (Wildman–Crippen MR) is 114 cm³/mol. The zero-order chi connectivity index (χ0) is 18.9. The van der Waals surface area contributed by atoms with Gasteiger partial charge in [-0.15, -0.1) is 0 Å². The van der Waals surface area contributed by atoms with Crippen molar-refractivity contribution in [3.05, 3.63) is 108 Å². The van der Waals surface area contributed by atoms with Gasteiger partial charge in [0.15, 0.2) is 0 Å². The lowest BCUT2D eigenvalue weighted by Crippen LogP contribution is -2.13. The third-order valence-electron chi connectivity index (χ3n) is 5.43. The van der Waals surface area contributed by atoms with E-state index in [0.29, 0.717) is 0 Å². The first-order valence-electron chi connectivity index (χ1n) is 9.60. The van der Waals surface area contributed by atoms with Crippen molar-refractivity contribution in [2.75, 3.05) is 11.4 Å². The lowest BCUT2D eigenvalue weighted by molar-refractivity contribution is 0.628. The molecule has 0 bridgehead atoms. The molecule has 0 radical (unpaired) electrons. The summed E-state index contributed by atoms with van der Waals surface area (Å²) in [6.45, 7) is 0.902. The van der Waals surface area contributed by atoms with Crippen LogP contribution in [0.4, 0.5) is 15.8 Å². The molecule has 1 heterocycles. The van der Waals surface area contributed by atoms with Gasteiger partial charge in [-0.3, -0.25) is 0 Å². The van der Waals surface area contributed by atoms with Gasteiger partial charge in [0.25, 0.3) is 0 Å². The lowest BCUT2D eigenvalue weighted by atomic mass is 9.93. The molecule has 1 aliphatic rings. The van der Waals surface area contributed by atoms with Gasteiger partial charge >= 0.3 is 0 Å². The van der Waals surface area contributed by atoms with Crippen LogP contribution in [0.5, 0.6) is 0 Å². The molecule has 4 aromatic rings. The number of nitrogens with zero attached hydrogens (tertiary/aromatic N) is 1. The second-order valence-corrected chi connectivity index (χ2v) is 7.13. The Kier molecular flexibility index (Phi) is 4.17. The quantitative estimate of drug-likeness (QED) is 0.383. The van der Waals surface area contributed by atoms with Crippen LogP contribution in [-0.2, 0) is 6.42 Å². The lowest BCUT2D eigenvalue weighted by Gasteiger charge is -2.21. The number of hydrogen-bond acceptors (Lipinski definition) is 1. The second-order valence-electron chi connectivity index (χ2n) is 7.13. The molecule has 4 aromatic carbocycles. The van der Waals surface area contributed by atoms with Crippen molar-refractivity contribution in [1.29, 1.82) is 0 Å². The van der Waals surface area contributed by atoms with Crippen molar-refractivity contribution in [3.63, 3.8) is 0 Å². The van der Waals surface area contributed by atoms with E-state index in [4.69, 9.17) is 0 Å². The van der Waals surface area contributed by atoms with Gasteiger partial charge in [-0.05, 0) is 70.6 Å². The zero-order valence-electron chi connectivity index (χ0n) is 15.5. The molecule has 0 saturated carbocycles. The molecule has 28 heavy (non-hydrogen) atoms. The van der Waals surface area contributed by atoms with Gasteiger partial charge in [0.2, 0.25) is 0 Å². The van der Waals surface area contributed by atoms with Crippen molar-refractivity contribution in [1.82, 2.24) is 0 Å². The molecule has 136 valence electrons. The third kappa shape index (κ3) is 2.97. The van der Waals surface area contributed by atoms with Crippen molar-refractivity contribution in [3.8, 4) is 22.3 Å². The highest BCUT2D eigenvalue weighted by Crippen LogP contribution is 2.43. The topological polar surface area (TPSA) is 3.24 Å². The fourth-order valence-corrected chi connectivity index (χ4v) is 4.07. The highest BCUT2D eigenvalue weighted by atomic mass is 19.1. The largest absolute Gasteiger partial charge is 0.341 e. The molecule has 0 amide bonds. The summed E-state index contributed by atoms with van der Waals surface area (Å²) in [5.41, 5.74) is 8.52. The maximum absolute atomic E-state index is 13.4. The summed E-state index contributed by atoms with van der Waals surface area (Å²) in [6, 6.07) is 32.4. The SMILES string of the molecule is Fc1ccc(N2CCc3c(-c4ccccc4)cc(-c4ccccc4)cc32)cc1. The highest BCUT2D eigenvalue weighted by molar-refractivity contribution is 5.86. The van der Waals surface area contributed by atoms with Crippen LogP contribution in [0.15, 0.2) is 97.1 Å². The second kappa shape index (κ2) is 6.97. The van der Waals surface area contributed by atoms with Crippen LogP contribution in [0.2, 0.25) is 0 Å². The third-order valence-corrected chi connectivity index (χ3v) is 5.43. The Labute approximate surface area is 164 Å². The van der Waals surface area contributed by atoms with Gasteiger partial charge in [0, 0.05) is 17.9 Å². The van der Waals surface area contributed by atoms with E-state index in [1.165, 1.54) is 45.6 Å². The molecule has 1 nitrogen and oxygen atoms in total. The van der Waals surface area contributed by atoms with Crippen LogP contribution >= 0.6 is 0 Å². The van der Waals surface area contributed by atoms with Gasteiger partial charge in [-0.1, -0.05) is 60.7 Å². The van der Waals surface area contributed by atoms with E-state index in [2.05, 4.69) is 71.6 Å². The van der Waals surface area contributed by atoms with E-state index >= 15 is 0 Å². The first-order chi connectivity index (χ1) is 13.8. The summed E-state index contributed by atoms with van der Waals surface area (Å²) in [5, 5.41) is 0. The summed E-state index contributed by atoms with van der Waals surface area (Å²) in [7, 11) is 0. The number of anilines is 2.